The van der Waals surface area contributed by atoms with E-state index in [1.54, 1.807) is 24.3 Å². The predicted molar refractivity (Wildman–Crippen MR) is 81.2 cm³/mol. The second-order valence-corrected chi connectivity index (χ2v) is 5.15. The largest absolute Gasteiger partial charge is 0.467 e. The van der Waals surface area contributed by atoms with Gasteiger partial charge in [-0.25, -0.2) is 9.18 Å². The number of hydrogen-bond acceptors (Lipinski definition) is 3. The SMILES string of the molecule is COC(=O)C(Nc1ccc(Cl)cc1)c1ccc(Cl)cc1F. The van der Waals surface area contributed by atoms with Crippen molar-refractivity contribution < 1.29 is 13.9 Å². The Labute approximate surface area is 131 Å². The first-order chi connectivity index (χ1) is 10.0. The van der Waals surface area contributed by atoms with Crippen molar-refractivity contribution in [1.29, 1.82) is 0 Å². The molecule has 0 aliphatic heterocycles. The van der Waals surface area contributed by atoms with Crippen molar-refractivity contribution in [2.24, 2.45) is 0 Å². The van der Waals surface area contributed by atoms with Gasteiger partial charge in [-0.3, -0.25) is 0 Å². The number of carbonyl (C=O) groups is 1. The van der Waals surface area contributed by atoms with Crippen LogP contribution >= 0.6 is 23.2 Å². The fourth-order valence-corrected chi connectivity index (χ4v) is 2.11. The monoisotopic (exact) mass is 327 g/mol. The molecule has 0 amide bonds. The molecular formula is C15H12Cl2FNO2. The lowest BCUT2D eigenvalue weighted by Crippen LogP contribution is -2.23. The van der Waals surface area contributed by atoms with Crippen molar-refractivity contribution in [3.8, 4) is 0 Å². The number of hydrogen-bond donors (Lipinski definition) is 1. The van der Waals surface area contributed by atoms with Crippen molar-refractivity contribution in [1.82, 2.24) is 0 Å². The van der Waals surface area contributed by atoms with Gasteiger partial charge in [0.15, 0.2) is 6.04 Å². The minimum Gasteiger partial charge on any atom is -0.467 e. The van der Waals surface area contributed by atoms with Crippen LogP contribution in [0.25, 0.3) is 0 Å². The van der Waals surface area contributed by atoms with Crippen LogP contribution in [0, 0.1) is 5.82 Å². The summed E-state index contributed by atoms with van der Waals surface area (Å²) >= 11 is 11.5. The third kappa shape index (κ3) is 3.86. The van der Waals surface area contributed by atoms with Crippen molar-refractivity contribution in [2.45, 2.75) is 6.04 Å². The lowest BCUT2D eigenvalue weighted by molar-refractivity contribution is -0.141. The zero-order chi connectivity index (χ0) is 15.4. The maximum absolute atomic E-state index is 14.0. The molecule has 0 bridgehead atoms. The van der Waals surface area contributed by atoms with E-state index in [4.69, 9.17) is 27.9 Å². The Kier molecular flexibility index (Phi) is 5.04. The van der Waals surface area contributed by atoms with E-state index in [1.807, 2.05) is 0 Å². The molecule has 1 N–H and O–H groups in total. The first kappa shape index (κ1) is 15.6. The lowest BCUT2D eigenvalue weighted by Gasteiger charge is -2.18. The number of ether oxygens (including phenoxy) is 1. The smallest absolute Gasteiger partial charge is 0.333 e. The van der Waals surface area contributed by atoms with Gasteiger partial charge in [0, 0.05) is 21.3 Å². The van der Waals surface area contributed by atoms with Crippen LogP contribution in [0.5, 0.6) is 0 Å². The van der Waals surface area contributed by atoms with Gasteiger partial charge in [0.05, 0.1) is 7.11 Å². The molecule has 0 aliphatic rings. The summed E-state index contributed by atoms with van der Waals surface area (Å²) in [4.78, 5) is 11.9. The highest BCUT2D eigenvalue weighted by Gasteiger charge is 2.24. The van der Waals surface area contributed by atoms with Crippen LogP contribution in [0.2, 0.25) is 10.0 Å². The molecule has 2 aromatic carbocycles. The Hall–Kier alpha value is -1.78. The van der Waals surface area contributed by atoms with Crippen molar-refractivity contribution >= 4 is 34.9 Å². The molecule has 0 spiro atoms. The summed E-state index contributed by atoms with van der Waals surface area (Å²) in [5, 5.41) is 3.74. The zero-order valence-electron chi connectivity index (χ0n) is 11.1. The van der Waals surface area contributed by atoms with Crippen LogP contribution in [0.3, 0.4) is 0 Å². The highest BCUT2D eigenvalue weighted by atomic mass is 35.5. The second kappa shape index (κ2) is 6.78. The summed E-state index contributed by atoms with van der Waals surface area (Å²) in [6.07, 6.45) is 0. The molecule has 110 valence electrons. The van der Waals surface area contributed by atoms with Crippen LogP contribution in [-0.2, 0) is 9.53 Å². The molecule has 3 nitrogen and oxygen atoms in total. The highest BCUT2D eigenvalue weighted by Crippen LogP contribution is 2.26. The zero-order valence-corrected chi connectivity index (χ0v) is 12.6. The number of methoxy groups -OCH3 is 1. The van der Waals surface area contributed by atoms with Gasteiger partial charge in [0.2, 0.25) is 0 Å². The Balaban J connectivity index is 2.34. The van der Waals surface area contributed by atoms with Gasteiger partial charge in [0.1, 0.15) is 5.82 Å². The van der Waals surface area contributed by atoms with Gasteiger partial charge in [0.25, 0.3) is 0 Å². The number of anilines is 1. The van der Waals surface area contributed by atoms with E-state index >= 15 is 0 Å². The third-order valence-electron chi connectivity index (χ3n) is 2.87. The molecule has 0 saturated heterocycles. The van der Waals surface area contributed by atoms with Crippen LogP contribution in [0.1, 0.15) is 11.6 Å². The molecule has 6 heteroatoms. The number of benzene rings is 2. The number of esters is 1. The quantitative estimate of drug-likeness (QED) is 0.842. The molecule has 2 rings (SSSR count). The lowest BCUT2D eigenvalue weighted by atomic mass is 10.1. The molecule has 21 heavy (non-hydrogen) atoms. The predicted octanol–water partition coefficient (Wildman–Crippen LogP) is 4.46. The van der Waals surface area contributed by atoms with E-state index in [9.17, 15) is 9.18 Å². The molecule has 0 heterocycles. The number of rotatable bonds is 4. The normalized spacial score (nSPS) is 11.8. The molecule has 1 unspecified atom stereocenters. The molecule has 0 saturated carbocycles. The van der Waals surface area contributed by atoms with E-state index in [0.717, 1.165) is 6.07 Å². The maximum Gasteiger partial charge on any atom is 0.333 e. The minimum atomic E-state index is -0.978. The van der Waals surface area contributed by atoms with Crippen LogP contribution in [0.4, 0.5) is 10.1 Å². The number of nitrogens with one attached hydrogen (secondary N) is 1. The Bertz CT molecular complexity index is 647. The molecule has 0 aromatic heterocycles. The number of carbonyl (C=O) groups excluding carboxylic acids is 1. The van der Waals surface area contributed by atoms with Gasteiger partial charge in [-0.2, -0.15) is 0 Å². The van der Waals surface area contributed by atoms with Gasteiger partial charge in [-0.1, -0.05) is 29.3 Å². The molecule has 0 aliphatic carbocycles. The van der Waals surface area contributed by atoms with Crippen LogP contribution in [0.15, 0.2) is 42.5 Å². The fourth-order valence-electron chi connectivity index (χ4n) is 1.83. The molecule has 0 radical (unpaired) electrons. The number of halogens is 3. The average Bonchev–Trinajstić information content (AvgIpc) is 2.47. The van der Waals surface area contributed by atoms with Crippen molar-refractivity contribution in [3.63, 3.8) is 0 Å². The standard InChI is InChI=1S/C15H12Cl2FNO2/c1-21-15(20)14(12-7-4-10(17)8-13(12)18)19-11-5-2-9(16)3-6-11/h2-8,14,19H,1H3. The Morgan fingerprint density at radius 3 is 2.33 bits per heavy atom. The summed E-state index contributed by atoms with van der Waals surface area (Å²) < 4.78 is 18.7. The van der Waals surface area contributed by atoms with Crippen LogP contribution in [-0.4, -0.2) is 13.1 Å². The van der Waals surface area contributed by atoms with E-state index in [2.05, 4.69) is 5.32 Å². The summed E-state index contributed by atoms with van der Waals surface area (Å²) in [5.41, 5.74) is 0.769. The van der Waals surface area contributed by atoms with Crippen molar-refractivity contribution in [3.05, 3.63) is 63.9 Å². The first-order valence-corrected chi connectivity index (χ1v) is 6.81. The Morgan fingerprint density at radius 2 is 1.76 bits per heavy atom. The van der Waals surface area contributed by atoms with E-state index in [-0.39, 0.29) is 10.6 Å². The average molecular weight is 328 g/mol. The van der Waals surface area contributed by atoms with E-state index < -0.39 is 17.8 Å². The van der Waals surface area contributed by atoms with E-state index in [0.29, 0.717) is 10.7 Å². The summed E-state index contributed by atoms with van der Waals surface area (Å²) in [6.45, 7) is 0. The third-order valence-corrected chi connectivity index (χ3v) is 3.35. The highest BCUT2D eigenvalue weighted by molar-refractivity contribution is 6.30. The van der Waals surface area contributed by atoms with Gasteiger partial charge in [-0.05, 0) is 36.4 Å². The maximum atomic E-state index is 14.0. The van der Waals surface area contributed by atoms with Crippen LogP contribution < -0.4 is 5.32 Å². The van der Waals surface area contributed by atoms with Gasteiger partial charge in [-0.15, -0.1) is 0 Å². The summed E-state index contributed by atoms with van der Waals surface area (Å²) in [7, 11) is 1.24. The molecular weight excluding hydrogens is 316 g/mol. The van der Waals surface area contributed by atoms with E-state index in [1.165, 1.54) is 19.2 Å². The topological polar surface area (TPSA) is 38.3 Å². The minimum absolute atomic E-state index is 0.154. The first-order valence-electron chi connectivity index (χ1n) is 6.06. The molecule has 1 atom stereocenters. The molecule has 0 fully saturated rings. The van der Waals surface area contributed by atoms with Crippen molar-refractivity contribution in [2.75, 3.05) is 12.4 Å². The summed E-state index contributed by atoms with van der Waals surface area (Å²) in [6, 6.07) is 9.83. The fraction of sp³-hybridized carbons (Fsp3) is 0.133. The molecule has 2 aromatic rings. The Morgan fingerprint density at radius 1 is 1.14 bits per heavy atom. The van der Waals surface area contributed by atoms with Gasteiger partial charge >= 0.3 is 5.97 Å². The second-order valence-electron chi connectivity index (χ2n) is 4.27. The summed E-state index contributed by atoms with van der Waals surface area (Å²) in [5.74, 6) is -1.19. The van der Waals surface area contributed by atoms with Gasteiger partial charge < -0.3 is 10.1 Å².